The zero-order chi connectivity index (χ0) is 28.4. The maximum absolute atomic E-state index is 13.7. The molecule has 0 spiro atoms. The molecule has 0 unspecified atom stereocenters. The van der Waals surface area contributed by atoms with Crippen molar-refractivity contribution in [1.29, 1.82) is 0 Å². The van der Waals surface area contributed by atoms with Gasteiger partial charge in [-0.3, -0.25) is 33.8 Å². The molecular weight excluding hydrogens is 615 g/mol. The molecule has 1 saturated carbocycles. The molecule has 12 heteroatoms. The first-order valence-corrected chi connectivity index (χ1v) is 14.3. The van der Waals surface area contributed by atoms with Crippen molar-refractivity contribution in [3.05, 3.63) is 39.9 Å². The van der Waals surface area contributed by atoms with Crippen LogP contribution in [-0.4, -0.2) is 73.0 Å². The quantitative estimate of drug-likeness (QED) is 0.200. The lowest BCUT2D eigenvalue weighted by molar-refractivity contribution is -0.141. The number of hydrogen-bond donors (Lipinski definition) is 2. The van der Waals surface area contributed by atoms with Crippen molar-refractivity contribution in [3.8, 4) is 5.75 Å². The van der Waals surface area contributed by atoms with E-state index in [1.165, 1.54) is 18.0 Å². The molecule has 2 saturated heterocycles. The Morgan fingerprint density at radius 3 is 2.49 bits per heavy atom. The minimum Gasteiger partial charge on any atom is -0.508 e. The van der Waals surface area contributed by atoms with Crippen LogP contribution in [0.25, 0.3) is 0 Å². The van der Waals surface area contributed by atoms with Crippen molar-refractivity contribution in [3.63, 3.8) is 0 Å². The number of imide groups is 2. The molecule has 1 aromatic carbocycles. The Kier molecular flexibility index (Phi) is 7.13. The number of carboxylic acids is 1. The van der Waals surface area contributed by atoms with E-state index in [1.54, 1.807) is 12.1 Å². The Morgan fingerprint density at radius 1 is 1.08 bits per heavy atom. The number of carbonyl (C=O) groups excluding carboxylic acids is 4. The van der Waals surface area contributed by atoms with E-state index in [9.17, 15) is 29.1 Å². The third-order valence-corrected chi connectivity index (χ3v) is 10.6. The summed E-state index contributed by atoms with van der Waals surface area (Å²) in [5.41, 5.74) is 0.902. The Bertz CT molecular complexity index is 1330. The summed E-state index contributed by atoms with van der Waals surface area (Å²) in [6.07, 6.45) is 3.43. The van der Waals surface area contributed by atoms with Gasteiger partial charge in [0.25, 0.3) is 11.8 Å². The number of aliphatic carboxylic acids is 1. The molecule has 0 radical (unpaired) electrons. The molecular formula is C27H27BrCl2N2O7. The van der Waals surface area contributed by atoms with E-state index in [-0.39, 0.29) is 43.4 Å². The van der Waals surface area contributed by atoms with Crippen molar-refractivity contribution >= 4 is 68.7 Å². The van der Waals surface area contributed by atoms with Gasteiger partial charge in [0, 0.05) is 36.0 Å². The number of amides is 4. The van der Waals surface area contributed by atoms with Gasteiger partial charge in [-0.05, 0) is 49.8 Å². The summed E-state index contributed by atoms with van der Waals surface area (Å²) < 4.78 is 0.610. The average molecular weight is 642 g/mol. The summed E-state index contributed by atoms with van der Waals surface area (Å²) in [4.78, 5) is 63.1. The topological polar surface area (TPSA) is 132 Å². The molecule has 2 N–H and O–H groups in total. The SMILES string of the molecule is CN1C(=O)[C@]2(Cl)C[C@@H]3C(=CC[C@@H]4C(=O)N(CCCCCC(=O)O)C(=O)[C@@H]43)[C@H](c3cc(Br)ccc3O)[C@]2(Cl)C1=O. The van der Waals surface area contributed by atoms with Crippen molar-refractivity contribution in [1.82, 2.24) is 9.80 Å². The van der Waals surface area contributed by atoms with E-state index in [2.05, 4.69) is 15.9 Å². The largest absolute Gasteiger partial charge is 0.508 e. The van der Waals surface area contributed by atoms with E-state index in [0.29, 0.717) is 34.9 Å². The number of carbonyl (C=O) groups is 5. The third kappa shape index (κ3) is 4.04. The molecule has 2 aliphatic carbocycles. The molecule has 4 amide bonds. The minimum absolute atomic E-state index is 0.0194. The number of aromatic hydroxyl groups is 1. The number of nitrogens with zero attached hydrogens (tertiary/aromatic N) is 2. The Labute approximate surface area is 243 Å². The second-order valence-corrected chi connectivity index (χ2v) is 12.9. The number of benzene rings is 1. The molecule has 4 aliphatic rings. The van der Waals surface area contributed by atoms with Gasteiger partial charge in [0.1, 0.15) is 5.75 Å². The van der Waals surface area contributed by atoms with Gasteiger partial charge in [-0.25, -0.2) is 0 Å². The number of fused-ring (bicyclic) bond motifs is 4. The number of rotatable bonds is 7. The maximum atomic E-state index is 13.7. The van der Waals surface area contributed by atoms with Gasteiger partial charge < -0.3 is 10.2 Å². The van der Waals surface area contributed by atoms with Gasteiger partial charge >= 0.3 is 5.97 Å². The number of likely N-dealkylation sites (tertiary alicyclic amines) is 2. The van der Waals surface area contributed by atoms with Crippen LogP contribution in [-0.2, 0) is 24.0 Å². The lowest BCUT2D eigenvalue weighted by atomic mass is 9.56. The smallest absolute Gasteiger partial charge is 0.303 e. The molecule has 5 rings (SSSR count). The lowest BCUT2D eigenvalue weighted by Crippen LogP contribution is -2.60. The highest BCUT2D eigenvalue weighted by Gasteiger charge is 2.76. The number of unbranched alkanes of at least 4 members (excludes halogenated alkanes) is 2. The predicted molar refractivity (Wildman–Crippen MR) is 144 cm³/mol. The van der Waals surface area contributed by atoms with E-state index < -0.39 is 51.2 Å². The van der Waals surface area contributed by atoms with Gasteiger partial charge in [0.2, 0.25) is 11.8 Å². The summed E-state index contributed by atoms with van der Waals surface area (Å²) in [6.45, 7) is 0.174. The van der Waals surface area contributed by atoms with Crippen LogP contribution < -0.4 is 0 Å². The average Bonchev–Trinajstić information content (AvgIpc) is 3.20. The highest BCUT2D eigenvalue weighted by Crippen LogP contribution is 2.66. The molecule has 9 nitrogen and oxygen atoms in total. The first-order chi connectivity index (χ1) is 18.3. The summed E-state index contributed by atoms with van der Waals surface area (Å²) in [7, 11) is 1.31. The Hall–Kier alpha value is -2.43. The summed E-state index contributed by atoms with van der Waals surface area (Å²) in [5, 5.41) is 19.7. The molecule has 6 atom stereocenters. The predicted octanol–water partition coefficient (Wildman–Crippen LogP) is 3.79. The molecule has 1 aromatic rings. The van der Waals surface area contributed by atoms with Gasteiger partial charge in [-0.15, -0.1) is 23.2 Å². The van der Waals surface area contributed by atoms with Crippen molar-refractivity contribution in [2.75, 3.05) is 13.6 Å². The van der Waals surface area contributed by atoms with Crippen LogP contribution in [0.1, 0.15) is 50.0 Å². The number of hydrogen-bond acceptors (Lipinski definition) is 6. The molecule has 39 heavy (non-hydrogen) atoms. The summed E-state index contributed by atoms with van der Waals surface area (Å²) in [6, 6.07) is 4.70. The van der Waals surface area contributed by atoms with Gasteiger partial charge in [-0.2, -0.15) is 0 Å². The monoisotopic (exact) mass is 640 g/mol. The molecule has 2 heterocycles. The second kappa shape index (κ2) is 9.89. The summed E-state index contributed by atoms with van der Waals surface area (Å²) >= 11 is 17.6. The Morgan fingerprint density at radius 2 is 1.79 bits per heavy atom. The highest BCUT2D eigenvalue weighted by molar-refractivity contribution is 9.10. The second-order valence-electron chi connectivity index (χ2n) is 10.7. The zero-order valence-corrected chi connectivity index (χ0v) is 24.1. The number of allylic oxidation sites excluding steroid dienone is 2. The number of phenols is 1. The van der Waals surface area contributed by atoms with Crippen LogP contribution in [0.4, 0.5) is 0 Å². The molecule has 0 aromatic heterocycles. The van der Waals surface area contributed by atoms with Crippen LogP contribution in [0.3, 0.4) is 0 Å². The standard InChI is InChI=1S/C27H27BrCl2N2O7/c1-31-24(38)26(29)12-17-14(21(27(26,30)25(31)39)16-11-13(28)6-9-18(16)33)7-8-15-20(17)23(37)32(22(15)36)10-4-2-3-5-19(34)35/h6-7,9,11,15,17,20-21,33H,2-5,8,10,12H2,1H3,(H,34,35)/t15-,17+,20-,21+,26+,27-/m0/s1. The molecule has 3 fully saturated rings. The fraction of sp³-hybridized carbons (Fsp3) is 0.519. The van der Waals surface area contributed by atoms with E-state index in [1.807, 2.05) is 6.08 Å². The van der Waals surface area contributed by atoms with E-state index in [0.717, 1.165) is 4.90 Å². The van der Waals surface area contributed by atoms with Crippen molar-refractivity contribution in [2.45, 2.75) is 54.2 Å². The van der Waals surface area contributed by atoms with E-state index in [4.69, 9.17) is 28.3 Å². The van der Waals surface area contributed by atoms with Crippen LogP contribution in [0.15, 0.2) is 34.3 Å². The number of halogens is 3. The van der Waals surface area contributed by atoms with E-state index >= 15 is 0 Å². The molecule has 208 valence electrons. The van der Waals surface area contributed by atoms with Crippen molar-refractivity contribution in [2.24, 2.45) is 17.8 Å². The lowest BCUT2D eigenvalue weighted by Gasteiger charge is -2.50. The van der Waals surface area contributed by atoms with Gasteiger partial charge in [0.15, 0.2) is 9.75 Å². The zero-order valence-electron chi connectivity index (χ0n) is 21.0. The number of carboxylic acid groups (broad SMARTS) is 1. The molecule has 0 bridgehead atoms. The first-order valence-electron chi connectivity index (χ1n) is 12.8. The van der Waals surface area contributed by atoms with Crippen LogP contribution >= 0.6 is 39.1 Å². The van der Waals surface area contributed by atoms with Gasteiger partial charge in [0.05, 0.1) is 11.8 Å². The fourth-order valence-corrected chi connectivity index (χ4v) is 8.24. The van der Waals surface area contributed by atoms with Crippen LogP contribution in [0.2, 0.25) is 0 Å². The van der Waals surface area contributed by atoms with Crippen molar-refractivity contribution < 1.29 is 34.2 Å². The maximum Gasteiger partial charge on any atom is 0.303 e. The van der Waals surface area contributed by atoms with Crippen LogP contribution in [0.5, 0.6) is 5.75 Å². The molecule has 2 aliphatic heterocycles. The highest BCUT2D eigenvalue weighted by atomic mass is 79.9. The Balaban J connectivity index is 1.54. The summed E-state index contributed by atoms with van der Waals surface area (Å²) in [5.74, 6) is -6.21. The minimum atomic E-state index is -1.96. The number of phenolic OH excluding ortho intramolecular Hbond substituents is 1. The number of alkyl halides is 2. The normalized spacial score (nSPS) is 33.7. The first kappa shape index (κ1) is 28.1. The van der Waals surface area contributed by atoms with Crippen LogP contribution in [0, 0.1) is 17.8 Å². The third-order valence-electron chi connectivity index (χ3n) is 8.68. The van der Waals surface area contributed by atoms with Gasteiger partial charge in [-0.1, -0.05) is 34.0 Å². The fourth-order valence-electron chi connectivity index (χ4n) is 6.85.